The summed E-state index contributed by atoms with van der Waals surface area (Å²) >= 11 is 0. The SMILES string of the molecule is CCNC(=O)c1ccc(C)c(NC(=O)c2ccc(Oc3ccccc3)cc2)c1. The van der Waals surface area contributed by atoms with Crippen LogP contribution in [0.4, 0.5) is 5.69 Å². The zero-order valence-electron chi connectivity index (χ0n) is 15.9. The molecule has 0 heterocycles. The van der Waals surface area contributed by atoms with Gasteiger partial charge in [0.1, 0.15) is 11.5 Å². The highest BCUT2D eigenvalue weighted by atomic mass is 16.5. The molecule has 0 atom stereocenters. The molecule has 0 bridgehead atoms. The van der Waals surface area contributed by atoms with E-state index < -0.39 is 0 Å². The van der Waals surface area contributed by atoms with Crippen LogP contribution in [0.3, 0.4) is 0 Å². The lowest BCUT2D eigenvalue weighted by Crippen LogP contribution is -2.23. The Kier molecular flexibility index (Phi) is 6.07. The Labute approximate surface area is 164 Å². The molecule has 0 aliphatic heterocycles. The molecule has 0 radical (unpaired) electrons. The van der Waals surface area contributed by atoms with Crippen molar-refractivity contribution in [1.29, 1.82) is 0 Å². The molecule has 3 aromatic rings. The molecule has 28 heavy (non-hydrogen) atoms. The molecule has 2 N–H and O–H groups in total. The second kappa shape index (κ2) is 8.86. The standard InChI is InChI=1S/C23H22N2O3/c1-3-24-22(26)18-10-9-16(2)21(15-18)25-23(27)17-11-13-20(14-12-17)28-19-7-5-4-6-8-19/h4-15H,3H2,1-2H3,(H,24,26)(H,25,27). The Hall–Kier alpha value is -3.60. The lowest BCUT2D eigenvalue weighted by Gasteiger charge is -2.11. The Morgan fingerprint density at radius 1 is 0.821 bits per heavy atom. The summed E-state index contributed by atoms with van der Waals surface area (Å²) in [6.07, 6.45) is 0. The minimum atomic E-state index is -0.248. The van der Waals surface area contributed by atoms with E-state index in [4.69, 9.17) is 4.74 Å². The zero-order valence-corrected chi connectivity index (χ0v) is 15.9. The second-order valence-electron chi connectivity index (χ2n) is 6.28. The molecule has 0 aliphatic carbocycles. The van der Waals surface area contributed by atoms with Crippen molar-refractivity contribution in [2.24, 2.45) is 0 Å². The molecule has 0 spiro atoms. The maximum absolute atomic E-state index is 12.6. The van der Waals surface area contributed by atoms with Crippen LogP contribution in [-0.2, 0) is 0 Å². The van der Waals surface area contributed by atoms with Crippen LogP contribution in [0, 0.1) is 6.92 Å². The van der Waals surface area contributed by atoms with Gasteiger partial charge in [0.15, 0.2) is 0 Å². The van der Waals surface area contributed by atoms with Crippen molar-refractivity contribution < 1.29 is 14.3 Å². The third-order valence-corrected chi connectivity index (χ3v) is 4.18. The first-order chi connectivity index (χ1) is 13.6. The highest BCUT2D eigenvalue weighted by molar-refractivity contribution is 6.05. The van der Waals surface area contributed by atoms with Gasteiger partial charge in [-0.3, -0.25) is 9.59 Å². The molecule has 0 aliphatic rings. The van der Waals surface area contributed by atoms with Gasteiger partial charge in [0.05, 0.1) is 0 Å². The lowest BCUT2D eigenvalue weighted by atomic mass is 10.1. The van der Waals surface area contributed by atoms with Crippen LogP contribution in [0.25, 0.3) is 0 Å². The van der Waals surface area contributed by atoms with E-state index in [1.54, 1.807) is 36.4 Å². The van der Waals surface area contributed by atoms with E-state index in [0.717, 1.165) is 11.3 Å². The molecule has 0 unspecified atom stereocenters. The number of hydrogen-bond donors (Lipinski definition) is 2. The summed E-state index contributed by atoms with van der Waals surface area (Å²) in [6.45, 7) is 4.29. The largest absolute Gasteiger partial charge is 0.457 e. The first-order valence-corrected chi connectivity index (χ1v) is 9.10. The minimum absolute atomic E-state index is 0.166. The first-order valence-electron chi connectivity index (χ1n) is 9.10. The molecule has 2 amide bonds. The second-order valence-corrected chi connectivity index (χ2v) is 6.28. The van der Waals surface area contributed by atoms with Crippen molar-refractivity contribution in [3.05, 3.63) is 89.5 Å². The number of aryl methyl sites for hydroxylation is 1. The molecule has 3 rings (SSSR count). The molecular formula is C23H22N2O3. The molecule has 0 aromatic heterocycles. The summed E-state index contributed by atoms with van der Waals surface area (Å²) in [5, 5.41) is 5.63. The first kappa shape index (κ1) is 19.2. The molecule has 0 fully saturated rings. The lowest BCUT2D eigenvalue weighted by molar-refractivity contribution is 0.0954. The maximum Gasteiger partial charge on any atom is 0.255 e. The van der Waals surface area contributed by atoms with Gasteiger partial charge in [0, 0.05) is 23.4 Å². The van der Waals surface area contributed by atoms with Gasteiger partial charge in [-0.15, -0.1) is 0 Å². The number of anilines is 1. The number of benzene rings is 3. The van der Waals surface area contributed by atoms with Crippen LogP contribution in [0.1, 0.15) is 33.2 Å². The smallest absolute Gasteiger partial charge is 0.255 e. The number of hydrogen-bond acceptors (Lipinski definition) is 3. The van der Waals surface area contributed by atoms with E-state index in [-0.39, 0.29) is 11.8 Å². The van der Waals surface area contributed by atoms with Gasteiger partial charge in [-0.1, -0.05) is 24.3 Å². The van der Waals surface area contributed by atoms with Crippen molar-refractivity contribution in [2.75, 3.05) is 11.9 Å². The van der Waals surface area contributed by atoms with Gasteiger partial charge >= 0.3 is 0 Å². The van der Waals surface area contributed by atoms with Crippen molar-refractivity contribution in [3.63, 3.8) is 0 Å². The fourth-order valence-corrected chi connectivity index (χ4v) is 2.65. The number of amides is 2. The Bertz CT molecular complexity index is 967. The highest BCUT2D eigenvalue weighted by Gasteiger charge is 2.11. The molecular weight excluding hydrogens is 352 g/mol. The van der Waals surface area contributed by atoms with Gasteiger partial charge < -0.3 is 15.4 Å². The predicted octanol–water partition coefficient (Wildman–Crippen LogP) is 4.79. The number of nitrogens with one attached hydrogen (secondary N) is 2. The van der Waals surface area contributed by atoms with Crippen LogP contribution < -0.4 is 15.4 Å². The highest BCUT2D eigenvalue weighted by Crippen LogP contribution is 2.22. The fraction of sp³-hybridized carbons (Fsp3) is 0.130. The van der Waals surface area contributed by atoms with Gasteiger partial charge in [0.25, 0.3) is 11.8 Å². The van der Waals surface area contributed by atoms with Crippen LogP contribution in [0.5, 0.6) is 11.5 Å². The third kappa shape index (κ3) is 4.76. The Balaban J connectivity index is 1.71. The number of para-hydroxylation sites is 1. The number of carbonyl (C=O) groups excluding carboxylic acids is 2. The van der Waals surface area contributed by atoms with E-state index in [0.29, 0.717) is 29.1 Å². The van der Waals surface area contributed by atoms with Crippen molar-refractivity contribution >= 4 is 17.5 Å². The number of rotatable bonds is 6. The predicted molar refractivity (Wildman–Crippen MR) is 110 cm³/mol. The quantitative estimate of drug-likeness (QED) is 0.652. The fourth-order valence-electron chi connectivity index (χ4n) is 2.65. The van der Waals surface area contributed by atoms with E-state index >= 15 is 0 Å². The normalized spacial score (nSPS) is 10.2. The summed E-state index contributed by atoms with van der Waals surface area (Å²) in [6, 6.07) is 21.6. The molecule has 5 nitrogen and oxygen atoms in total. The average Bonchev–Trinajstić information content (AvgIpc) is 2.71. The van der Waals surface area contributed by atoms with Crippen LogP contribution in [0.15, 0.2) is 72.8 Å². The molecule has 142 valence electrons. The minimum Gasteiger partial charge on any atom is -0.457 e. The monoisotopic (exact) mass is 374 g/mol. The molecule has 0 saturated carbocycles. The van der Waals surface area contributed by atoms with E-state index in [1.807, 2.05) is 50.2 Å². The summed E-state index contributed by atoms with van der Waals surface area (Å²) in [4.78, 5) is 24.6. The van der Waals surface area contributed by atoms with Crippen molar-refractivity contribution in [1.82, 2.24) is 5.32 Å². The average molecular weight is 374 g/mol. The third-order valence-electron chi connectivity index (χ3n) is 4.18. The van der Waals surface area contributed by atoms with E-state index in [9.17, 15) is 9.59 Å². The van der Waals surface area contributed by atoms with Crippen molar-refractivity contribution in [3.8, 4) is 11.5 Å². The molecule has 3 aromatic carbocycles. The van der Waals surface area contributed by atoms with Gasteiger partial charge in [0.2, 0.25) is 0 Å². The summed E-state index contributed by atoms with van der Waals surface area (Å²) in [7, 11) is 0. The number of carbonyl (C=O) groups is 2. The van der Waals surface area contributed by atoms with E-state index in [2.05, 4.69) is 10.6 Å². The van der Waals surface area contributed by atoms with Crippen LogP contribution in [0.2, 0.25) is 0 Å². The topological polar surface area (TPSA) is 67.4 Å². The zero-order chi connectivity index (χ0) is 19.9. The van der Waals surface area contributed by atoms with Crippen LogP contribution >= 0.6 is 0 Å². The summed E-state index contributed by atoms with van der Waals surface area (Å²) in [5.74, 6) is 0.970. The van der Waals surface area contributed by atoms with Crippen molar-refractivity contribution in [2.45, 2.75) is 13.8 Å². The summed E-state index contributed by atoms with van der Waals surface area (Å²) < 4.78 is 5.74. The van der Waals surface area contributed by atoms with Gasteiger partial charge in [-0.2, -0.15) is 0 Å². The van der Waals surface area contributed by atoms with E-state index in [1.165, 1.54) is 0 Å². The van der Waals surface area contributed by atoms with Gasteiger partial charge in [-0.25, -0.2) is 0 Å². The van der Waals surface area contributed by atoms with Crippen LogP contribution in [-0.4, -0.2) is 18.4 Å². The number of ether oxygens (including phenoxy) is 1. The Morgan fingerprint density at radius 2 is 1.46 bits per heavy atom. The van der Waals surface area contributed by atoms with Gasteiger partial charge in [-0.05, 0) is 67.9 Å². The summed E-state index contributed by atoms with van der Waals surface area (Å²) in [5.41, 5.74) is 2.50. The molecule has 0 saturated heterocycles. The Morgan fingerprint density at radius 3 is 2.14 bits per heavy atom. The molecule has 5 heteroatoms. The maximum atomic E-state index is 12.6.